The minimum absolute atomic E-state index is 0.0324. The van der Waals surface area contributed by atoms with Crippen LogP contribution in [0.25, 0.3) is 0 Å². The summed E-state index contributed by atoms with van der Waals surface area (Å²) in [5.74, 6) is -0.804. The second-order valence-electron chi connectivity index (χ2n) is 11.4. The summed E-state index contributed by atoms with van der Waals surface area (Å²) in [6, 6.07) is 36.4. The summed E-state index contributed by atoms with van der Waals surface area (Å²) >= 11 is 0. The number of hydrogen-bond acceptors (Lipinski definition) is 6. The van der Waals surface area contributed by atoms with Gasteiger partial charge >= 0.3 is 12.1 Å². The fourth-order valence-corrected chi connectivity index (χ4v) is 5.03. The molecule has 4 rings (SSSR count). The molecule has 44 heavy (non-hydrogen) atoms. The molecule has 4 aromatic rings. The highest BCUT2D eigenvalue weighted by molar-refractivity contribution is 5.92. The van der Waals surface area contributed by atoms with Gasteiger partial charge in [-0.2, -0.15) is 0 Å². The Morgan fingerprint density at radius 2 is 1.18 bits per heavy atom. The normalized spacial score (nSPS) is 12.1. The maximum atomic E-state index is 13.3. The van der Waals surface area contributed by atoms with Gasteiger partial charge in [0.25, 0.3) is 0 Å². The zero-order valence-electron chi connectivity index (χ0n) is 25.5. The van der Waals surface area contributed by atoms with Gasteiger partial charge in [0, 0.05) is 12.1 Å². The van der Waals surface area contributed by atoms with Crippen molar-refractivity contribution in [2.24, 2.45) is 0 Å². The molecule has 0 unspecified atom stereocenters. The molecule has 0 aliphatic rings. The minimum atomic E-state index is -0.929. The molecule has 0 spiro atoms. The third-order valence-corrected chi connectivity index (χ3v) is 6.99. The molecule has 0 aliphatic heterocycles. The molecule has 2 amide bonds. The smallest absolute Gasteiger partial charge is 0.408 e. The molecule has 1 atom stereocenters. The number of ether oxygens (including phenoxy) is 2. The number of alkyl carbamates (subject to hydrolysis) is 1. The number of anilines is 1. The lowest BCUT2D eigenvalue weighted by Gasteiger charge is -2.37. The average Bonchev–Trinajstić information content (AvgIpc) is 3.02. The number of benzene rings is 4. The molecule has 0 fully saturated rings. The number of hydrogen-bond donors (Lipinski definition) is 3. The fourth-order valence-electron chi connectivity index (χ4n) is 5.03. The van der Waals surface area contributed by atoms with Gasteiger partial charge in [-0.1, -0.05) is 103 Å². The van der Waals surface area contributed by atoms with Crippen molar-refractivity contribution >= 4 is 23.7 Å². The zero-order chi connectivity index (χ0) is 31.6. The van der Waals surface area contributed by atoms with Crippen molar-refractivity contribution in [3.05, 3.63) is 138 Å². The summed E-state index contributed by atoms with van der Waals surface area (Å²) in [5, 5.41) is 9.11. The first kappa shape index (κ1) is 32.0. The quantitative estimate of drug-likeness (QED) is 0.150. The second-order valence-corrected chi connectivity index (χ2v) is 11.4. The maximum Gasteiger partial charge on any atom is 0.408 e. The lowest BCUT2D eigenvalue weighted by Crippen LogP contribution is -2.47. The summed E-state index contributed by atoms with van der Waals surface area (Å²) in [7, 11) is 1.26. The van der Waals surface area contributed by atoms with E-state index in [0.717, 1.165) is 22.3 Å². The molecule has 0 aromatic heterocycles. The third-order valence-electron chi connectivity index (χ3n) is 6.99. The van der Waals surface area contributed by atoms with Crippen LogP contribution in [0.1, 0.15) is 43.0 Å². The van der Waals surface area contributed by atoms with Crippen LogP contribution in [0.5, 0.6) is 0 Å². The molecular weight excluding hydrogens is 554 g/mol. The molecule has 0 saturated heterocycles. The Morgan fingerprint density at radius 1 is 0.705 bits per heavy atom. The van der Waals surface area contributed by atoms with Crippen molar-refractivity contribution in [2.45, 2.75) is 44.4 Å². The summed E-state index contributed by atoms with van der Waals surface area (Å²) < 4.78 is 10.2. The molecule has 228 valence electrons. The second kappa shape index (κ2) is 14.5. The topological polar surface area (TPSA) is 106 Å². The highest BCUT2D eigenvalue weighted by atomic mass is 16.6. The number of carbonyl (C=O) groups is 3. The Kier molecular flexibility index (Phi) is 10.5. The predicted octanol–water partition coefficient (Wildman–Crippen LogP) is 5.82. The fraction of sp³-hybridized carbons (Fsp3) is 0.250. The van der Waals surface area contributed by atoms with Crippen molar-refractivity contribution < 1.29 is 23.9 Å². The van der Waals surface area contributed by atoms with Crippen LogP contribution in [-0.4, -0.2) is 43.3 Å². The number of carbonyl (C=O) groups excluding carboxylic acids is 3. The summed E-state index contributed by atoms with van der Waals surface area (Å²) in [4.78, 5) is 37.9. The van der Waals surface area contributed by atoms with Crippen LogP contribution in [0.3, 0.4) is 0 Å². The van der Waals surface area contributed by atoms with E-state index in [1.807, 2.05) is 54.6 Å². The SMILES string of the molecule is COC(=O)[C@H](Cc1ccc(NC(=O)CNC(c2ccccc2)(c2ccccc2)c2ccccc2)cc1)NC(=O)OC(C)(C)C. The van der Waals surface area contributed by atoms with E-state index in [0.29, 0.717) is 5.69 Å². The van der Waals surface area contributed by atoms with E-state index in [-0.39, 0.29) is 18.9 Å². The Hall–Kier alpha value is -4.95. The van der Waals surface area contributed by atoms with Gasteiger partial charge in [-0.15, -0.1) is 0 Å². The first-order chi connectivity index (χ1) is 21.1. The Balaban J connectivity index is 1.48. The zero-order valence-corrected chi connectivity index (χ0v) is 25.5. The summed E-state index contributed by atoms with van der Waals surface area (Å²) in [5.41, 5.74) is 2.92. The van der Waals surface area contributed by atoms with Gasteiger partial charge in [-0.25, -0.2) is 9.59 Å². The predicted molar refractivity (Wildman–Crippen MR) is 171 cm³/mol. The molecule has 0 saturated carbocycles. The van der Waals surface area contributed by atoms with Crippen LogP contribution in [-0.2, 0) is 31.0 Å². The standard InChI is InChI=1S/C36H39N3O5/c1-35(2,3)44-34(42)39-31(33(41)43-4)24-26-20-22-30(23-21-26)38-32(40)25-37-36(27-14-8-5-9-15-27,28-16-10-6-11-17-28)29-18-12-7-13-19-29/h5-23,31,37H,24-25H2,1-4H3,(H,38,40)(H,39,42)/t31-/m0/s1. The summed E-state index contributed by atoms with van der Waals surface area (Å²) in [6.45, 7) is 5.26. The van der Waals surface area contributed by atoms with Crippen molar-refractivity contribution in [1.29, 1.82) is 0 Å². The van der Waals surface area contributed by atoms with Crippen LogP contribution in [0.4, 0.5) is 10.5 Å². The van der Waals surface area contributed by atoms with Gasteiger partial charge in [0.2, 0.25) is 5.91 Å². The Labute approximate surface area is 258 Å². The van der Waals surface area contributed by atoms with E-state index in [1.165, 1.54) is 7.11 Å². The van der Waals surface area contributed by atoms with Crippen LogP contribution >= 0.6 is 0 Å². The van der Waals surface area contributed by atoms with E-state index in [1.54, 1.807) is 45.0 Å². The molecule has 0 aliphatic carbocycles. The largest absolute Gasteiger partial charge is 0.467 e. The van der Waals surface area contributed by atoms with E-state index < -0.39 is 29.2 Å². The van der Waals surface area contributed by atoms with Crippen LogP contribution in [0, 0.1) is 0 Å². The number of methoxy groups -OCH3 is 1. The van der Waals surface area contributed by atoms with Crippen LogP contribution in [0.2, 0.25) is 0 Å². The van der Waals surface area contributed by atoms with Gasteiger partial charge in [0.15, 0.2) is 0 Å². The van der Waals surface area contributed by atoms with Crippen LogP contribution < -0.4 is 16.0 Å². The highest BCUT2D eigenvalue weighted by Gasteiger charge is 2.36. The number of amides is 2. The molecule has 0 heterocycles. The third kappa shape index (κ3) is 8.33. The van der Waals surface area contributed by atoms with E-state index in [9.17, 15) is 14.4 Å². The molecule has 4 aromatic carbocycles. The average molecular weight is 594 g/mol. The van der Waals surface area contributed by atoms with Gasteiger partial charge in [-0.3, -0.25) is 10.1 Å². The van der Waals surface area contributed by atoms with Crippen molar-refractivity contribution in [2.75, 3.05) is 19.0 Å². The van der Waals surface area contributed by atoms with E-state index in [4.69, 9.17) is 9.47 Å². The van der Waals surface area contributed by atoms with Gasteiger partial charge in [0.1, 0.15) is 11.6 Å². The summed E-state index contributed by atoms with van der Waals surface area (Å²) in [6.07, 6.45) is -0.517. The molecule has 0 bridgehead atoms. The lowest BCUT2D eigenvalue weighted by molar-refractivity contribution is -0.143. The van der Waals surface area contributed by atoms with Crippen molar-refractivity contribution in [1.82, 2.24) is 10.6 Å². The molecule has 0 radical (unpaired) electrons. The molecule has 8 heteroatoms. The van der Waals surface area contributed by atoms with Gasteiger partial charge < -0.3 is 20.1 Å². The number of nitrogens with one attached hydrogen (secondary N) is 3. The number of rotatable bonds is 11. The number of esters is 1. The van der Waals surface area contributed by atoms with Gasteiger partial charge in [-0.05, 0) is 55.2 Å². The Bertz CT molecular complexity index is 1420. The first-order valence-corrected chi connectivity index (χ1v) is 14.5. The van der Waals surface area contributed by atoms with E-state index >= 15 is 0 Å². The lowest BCUT2D eigenvalue weighted by atomic mass is 9.77. The molecule has 8 nitrogen and oxygen atoms in total. The Morgan fingerprint density at radius 3 is 1.61 bits per heavy atom. The highest BCUT2D eigenvalue weighted by Crippen LogP contribution is 2.36. The monoisotopic (exact) mass is 593 g/mol. The first-order valence-electron chi connectivity index (χ1n) is 14.5. The van der Waals surface area contributed by atoms with Crippen molar-refractivity contribution in [3.8, 4) is 0 Å². The van der Waals surface area contributed by atoms with Gasteiger partial charge in [0.05, 0.1) is 19.2 Å². The van der Waals surface area contributed by atoms with E-state index in [2.05, 4.69) is 52.3 Å². The maximum absolute atomic E-state index is 13.3. The van der Waals surface area contributed by atoms with Crippen LogP contribution in [0.15, 0.2) is 115 Å². The minimum Gasteiger partial charge on any atom is -0.467 e. The molecule has 3 N–H and O–H groups in total. The molecular formula is C36H39N3O5. The van der Waals surface area contributed by atoms with Crippen molar-refractivity contribution in [3.63, 3.8) is 0 Å².